The molecule has 0 fully saturated rings. The fraction of sp³-hybridized carbons (Fsp3) is 0.250. The highest BCUT2D eigenvalue weighted by Gasteiger charge is 2.32. The molecule has 0 N–H and O–H groups in total. The van der Waals surface area contributed by atoms with Crippen LogP contribution < -0.4 is 0 Å². The third kappa shape index (κ3) is 3.39. The normalized spacial score (nSPS) is 16.7. The van der Waals surface area contributed by atoms with Crippen LogP contribution in [0, 0.1) is 5.82 Å². The van der Waals surface area contributed by atoms with Crippen LogP contribution in [0.15, 0.2) is 53.2 Å². The smallest absolute Gasteiger partial charge is 0.223 e. The molecule has 3 heterocycles. The molecule has 5 heteroatoms. The molecule has 25 heavy (non-hydrogen) atoms. The predicted molar refractivity (Wildman–Crippen MR) is 101 cm³/mol. The summed E-state index contributed by atoms with van der Waals surface area (Å²) in [4.78, 5) is 17.6. The maximum atomic E-state index is 13.0. The van der Waals surface area contributed by atoms with Gasteiger partial charge < -0.3 is 4.90 Å². The number of fused-ring (bicyclic) bond motifs is 1. The third-order valence-electron chi connectivity index (χ3n) is 4.64. The van der Waals surface area contributed by atoms with E-state index >= 15 is 0 Å². The highest BCUT2D eigenvalue weighted by Crippen LogP contribution is 2.39. The van der Waals surface area contributed by atoms with Crippen LogP contribution in [0.25, 0.3) is 0 Å². The Bertz CT molecular complexity index is 854. The SMILES string of the molecule is O=C(CCc1ccc(F)cc1)N1CCc2sccc2C1c1cccs1. The molecule has 1 amide bonds. The number of carbonyl (C=O) groups excluding carboxylic acids is 1. The Kier molecular flexibility index (Phi) is 4.68. The Balaban J connectivity index is 1.53. The zero-order chi connectivity index (χ0) is 17.2. The van der Waals surface area contributed by atoms with Crippen molar-refractivity contribution in [3.63, 3.8) is 0 Å². The Labute approximate surface area is 154 Å². The molecule has 2 aromatic heterocycles. The standard InChI is InChI=1S/C20H18FNOS2/c21-15-6-3-14(4-7-15)5-8-19(23)22-11-9-17-16(10-13-25-17)20(22)18-2-1-12-24-18/h1-4,6-7,10,12-13,20H,5,8-9,11H2. The van der Waals surface area contributed by atoms with Crippen molar-refractivity contribution in [3.8, 4) is 0 Å². The van der Waals surface area contributed by atoms with E-state index in [4.69, 9.17) is 0 Å². The highest BCUT2D eigenvalue weighted by molar-refractivity contribution is 7.10. The second kappa shape index (κ2) is 7.10. The molecular formula is C20H18FNOS2. The summed E-state index contributed by atoms with van der Waals surface area (Å²) in [6.07, 6.45) is 2.02. The first-order chi connectivity index (χ1) is 12.2. The Morgan fingerprint density at radius 1 is 1.12 bits per heavy atom. The van der Waals surface area contributed by atoms with E-state index in [2.05, 4.69) is 22.9 Å². The Morgan fingerprint density at radius 2 is 1.96 bits per heavy atom. The quantitative estimate of drug-likeness (QED) is 0.628. The van der Waals surface area contributed by atoms with Crippen molar-refractivity contribution in [1.29, 1.82) is 0 Å². The van der Waals surface area contributed by atoms with Gasteiger partial charge in [-0.1, -0.05) is 18.2 Å². The lowest BCUT2D eigenvalue weighted by Gasteiger charge is -2.35. The number of carbonyl (C=O) groups is 1. The van der Waals surface area contributed by atoms with E-state index in [1.54, 1.807) is 34.8 Å². The molecule has 0 aliphatic carbocycles. The summed E-state index contributed by atoms with van der Waals surface area (Å²) in [5, 5.41) is 4.19. The average molecular weight is 372 g/mol. The van der Waals surface area contributed by atoms with E-state index in [0.29, 0.717) is 12.8 Å². The first-order valence-electron chi connectivity index (χ1n) is 8.36. The monoisotopic (exact) mass is 371 g/mol. The summed E-state index contributed by atoms with van der Waals surface area (Å²) in [5.41, 5.74) is 2.27. The molecule has 2 nitrogen and oxygen atoms in total. The van der Waals surface area contributed by atoms with Gasteiger partial charge in [-0.25, -0.2) is 4.39 Å². The maximum Gasteiger partial charge on any atom is 0.223 e. The van der Waals surface area contributed by atoms with Gasteiger partial charge in [0.05, 0.1) is 6.04 Å². The van der Waals surface area contributed by atoms with Gasteiger partial charge in [-0.3, -0.25) is 4.79 Å². The van der Waals surface area contributed by atoms with Crippen molar-refractivity contribution in [2.24, 2.45) is 0 Å². The molecule has 1 aliphatic rings. The van der Waals surface area contributed by atoms with Crippen molar-refractivity contribution in [2.45, 2.75) is 25.3 Å². The van der Waals surface area contributed by atoms with Crippen molar-refractivity contribution >= 4 is 28.6 Å². The van der Waals surface area contributed by atoms with E-state index in [9.17, 15) is 9.18 Å². The van der Waals surface area contributed by atoms with Gasteiger partial charge in [0.2, 0.25) is 5.91 Å². The summed E-state index contributed by atoms with van der Waals surface area (Å²) in [6, 6.07) is 12.8. The Hall–Kier alpha value is -1.98. The molecule has 0 bridgehead atoms. The molecule has 1 aliphatic heterocycles. The Morgan fingerprint density at radius 3 is 2.72 bits per heavy atom. The van der Waals surface area contributed by atoms with E-state index in [-0.39, 0.29) is 17.8 Å². The van der Waals surface area contributed by atoms with Gasteiger partial charge in [0.15, 0.2) is 0 Å². The van der Waals surface area contributed by atoms with Crippen LogP contribution >= 0.6 is 22.7 Å². The zero-order valence-corrected chi connectivity index (χ0v) is 15.3. The minimum atomic E-state index is -0.242. The molecule has 4 rings (SSSR count). The molecule has 1 unspecified atom stereocenters. The number of rotatable bonds is 4. The molecule has 0 spiro atoms. The first kappa shape index (κ1) is 16.5. The van der Waals surface area contributed by atoms with Crippen molar-refractivity contribution in [1.82, 2.24) is 4.90 Å². The molecular weight excluding hydrogens is 353 g/mol. The summed E-state index contributed by atoms with van der Waals surface area (Å²) < 4.78 is 13.0. The fourth-order valence-electron chi connectivity index (χ4n) is 3.38. The average Bonchev–Trinajstić information content (AvgIpc) is 3.31. The lowest BCUT2D eigenvalue weighted by atomic mass is 9.97. The lowest BCUT2D eigenvalue weighted by molar-refractivity contribution is -0.133. The van der Waals surface area contributed by atoms with Gasteiger partial charge >= 0.3 is 0 Å². The van der Waals surface area contributed by atoms with Crippen LogP contribution in [0.3, 0.4) is 0 Å². The van der Waals surface area contributed by atoms with Crippen LogP contribution in [0.5, 0.6) is 0 Å². The van der Waals surface area contributed by atoms with Crippen LogP contribution in [0.4, 0.5) is 4.39 Å². The second-order valence-corrected chi connectivity index (χ2v) is 8.16. The van der Waals surface area contributed by atoms with Crippen molar-refractivity contribution in [2.75, 3.05) is 6.54 Å². The topological polar surface area (TPSA) is 20.3 Å². The summed E-state index contributed by atoms with van der Waals surface area (Å²) in [6.45, 7) is 0.762. The van der Waals surface area contributed by atoms with Crippen molar-refractivity contribution in [3.05, 3.63) is 79.9 Å². The minimum absolute atomic E-state index is 0.0377. The van der Waals surface area contributed by atoms with Crippen LogP contribution in [-0.4, -0.2) is 17.4 Å². The molecule has 3 aromatic rings. The number of nitrogens with zero attached hydrogens (tertiary/aromatic N) is 1. The van der Waals surface area contributed by atoms with Crippen LogP contribution in [0.2, 0.25) is 0 Å². The van der Waals surface area contributed by atoms with E-state index in [0.717, 1.165) is 18.5 Å². The number of amides is 1. The molecule has 1 atom stereocenters. The number of halogens is 1. The van der Waals surface area contributed by atoms with Crippen LogP contribution in [0.1, 0.15) is 33.3 Å². The van der Waals surface area contributed by atoms with Gasteiger partial charge in [0.1, 0.15) is 5.82 Å². The van der Waals surface area contributed by atoms with Gasteiger partial charge in [-0.15, -0.1) is 22.7 Å². The number of benzene rings is 1. The first-order valence-corrected chi connectivity index (χ1v) is 10.1. The predicted octanol–water partition coefficient (Wildman–Crippen LogP) is 5.06. The molecule has 0 saturated carbocycles. The molecule has 0 radical (unpaired) electrons. The van der Waals surface area contributed by atoms with Gasteiger partial charge in [0, 0.05) is 22.7 Å². The molecule has 128 valence electrons. The number of hydrogen-bond acceptors (Lipinski definition) is 3. The van der Waals surface area contributed by atoms with Crippen molar-refractivity contribution < 1.29 is 9.18 Å². The second-order valence-electron chi connectivity index (χ2n) is 6.18. The minimum Gasteiger partial charge on any atom is -0.330 e. The molecule has 0 saturated heterocycles. The van der Waals surface area contributed by atoms with Gasteiger partial charge in [0.25, 0.3) is 0 Å². The highest BCUT2D eigenvalue weighted by atomic mass is 32.1. The largest absolute Gasteiger partial charge is 0.330 e. The van der Waals surface area contributed by atoms with E-state index in [1.807, 2.05) is 11.0 Å². The van der Waals surface area contributed by atoms with Crippen LogP contribution in [-0.2, 0) is 17.6 Å². The summed E-state index contributed by atoms with van der Waals surface area (Å²) >= 11 is 3.49. The summed E-state index contributed by atoms with van der Waals surface area (Å²) in [7, 11) is 0. The third-order valence-corrected chi connectivity index (χ3v) is 6.56. The number of aryl methyl sites for hydroxylation is 1. The van der Waals surface area contributed by atoms with Gasteiger partial charge in [-0.2, -0.15) is 0 Å². The number of hydrogen-bond donors (Lipinski definition) is 0. The van der Waals surface area contributed by atoms with E-state index in [1.165, 1.54) is 27.5 Å². The van der Waals surface area contributed by atoms with Gasteiger partial charge in [-0.05, 0) is 59.0 Å². The van der Waals surface area contributed by atoms with E-state index < -0.39 is 0 Å². The maximum absolute atomic E-state index is 13.0. The zero-order valence-electron chi connectivity index (χ0n) is 13.7. The summed E-state index contributed by atoms with van der Waals surface area (Å²) in [5.74, 6) is -0.0755. The fourth-order valence-corrected chi connectivity index (χ4v) is 5.14. The lowest BCUT2D eigenvalue weighted by Crippen LogP contribution is -2.39. The number of thiophene rings is 2. The molecule has 1 aromatic carbocycles.